The van der Waals surface area contributed by atoms with Crippen LogP contribution in [0.15, 0.2) is 24.4 Å². The number of aromatic nitrogens is 1. The first kappa shape index (κ1) is 15.0. The molecule has 2 fully saturated rings. The van der Waals surface area contributed by atoms with E-state index in [1.807, 2.05) is 12.3 Å². The molecule has 3 rings (SSSR count). The number of nitrogens with two attached hydrogens (primary N) is 1. The summed E-state index contributed by atoms with van der Waals surface area (Å²) in [6.07, 6.45) is 9.99. The molecule has 0 bridgehead atoms. The number of hydrogen-bond acceptors (Lipinski definition) is 3. The molecule has 1 aliphatic carbocycles. The standard InChI is InChI=1S/C18H29N3/c1-2-16(19)18(17-9-5-6-11-20-17)21-12-10-14-7-3-4-8-15(14)13-21/h5-6,9,11,14-16,18H,2-4,7-8,10,12-13,19H2,1H3. The van der Waals surface area contributed by atoms with Gasteiger partial charge in [-0.1, -0.05) is 32.3 Å². The Bertz CT molecular complexity index is 433. The minimum Gasteiger partial charge on any atom is -0.326 e. The first-order valence-corrected chi connectivity index (χ1v) is 8.70. The molecule has 21 heavy (non-hydrogen) atoms. The maximum atomic E-state index is 6.47. The van der Waals surface area contributed by atoms with Crippen LogP contribution in [0.25, 0.3) is 0 Å². The maximum absolute atomic E-state index is 6.47. The SMILES string of the molecule is CCC(N)C(c1ccccn1)N1CCC2CCCCC2C1. The van der Waals surface area contributed by atoms with Crippen LogP contribution < -0.4 is 5.73 Å². The topological polar surface area (TPSA) is 42.1 Å². The molecular weight excluding hydrogens is 258 g/mol. The molecule has 0 radical (unpaired) electrons. The molecule has 1 aliphatic heterocycles. The highest BCUT2D eigenvalue weighted by Gasteiger charge is 2.36. The van der Waals surface area contributed by atoms with Gasteiger partial charge in [-0.25, -0.2) is 0 Å². The molecule has 1 saturated heterocycles. The summed E-state index contributed by atoms with van der Waals surface area (Å²) in [6, 6.07) is 6.70. The number of pyridine rings is 1. The lowest BCUT2D eigenvalue weighted by molar-refractivity contribution is 0.0456. The zero-order valence-corrected chi connectivity index (χ0v) is 13.2. The molecule has 0 amide bonds. The minimum atomic E-state index is 0.181. The molecule has 4 atom stereocenters. The Morgan fingerprint density at radius 1 is 1.24 bits per heavy atom. The number of nitrogens with zero attached hydrogens (tertiary/aromatic N) is 2. The van der Waals surface area contributed by atoms with Crippen molar-refractivity contribution in [2.75, 3.05) is 13.1 Å². The molecule has 1 aromatic heterocycles. The van der Waals surface area contributed by atoms with Crippen LogP contribution in [0.4, 0.5) is 0 Å². The van der Waals surface area contributed by atoms with E-state index >= 15 is 0 Å². The van der Waals surface area contributed by atoms with Crippen molar-refractivity contribution in [2.45, 2.75) is 57.5 Å². The summed E-state index contributed by atoms with van der Waals surface area (Å²) in [5.41, 5.74) is 7.62. The second kappa shape index (κ2) is 6.89. The smallest absolute Gasteiger partial charge is 0.0673 e. The highest BCUT2D eigenvalue weighted by Crippen LogP contribution is 2.39. The largest absolute Gasteiger partial charge is 0.326 e. The lowest BCUT2D eigenvalue weighted by atomic mass is 9.74. The third-order valence-electron chi connectivity index (χ3n) is 5.58. The summed E-state index contributed by atoms with van der Waals surface area (Å²) in [7, 11) is 0. The van der Waals surface area contributed by atoms with Gasteiger partial charge in [-0.3, -0.25) is 9.88 Å². The Kier molecular flexibility index (Phi) is 4.91. The second-order valence-electron chi connectivity index (χ2n) is 6.86. The van der Waals surface area contributed by atoms with Crippen LogP contribution in [0.3, 0.4) is 0 Å². The molecule has 2 N–H and O–H groups in total. The van der Waals surface area contributed by atoms with Crippen LogP contribution in [0.1, 0.15) is 57.2 Å². The average molecular weight is 287 g/mol. The van der Waals surface area contributed by atoms with E-state index in [9.17, 15) is 0 Å². The van der Waals surface area contributed by atoms with Gasteiger partial charge in [-0.15, -0.1) is 0 Å². The summed E-state index contributed by atoms with van der Waals surface area (Å²) in [4.78, 5) is 7.23. The van der Waals surface area contributed by atoms with Gasteiger partial charge in [0.1, 0.15) is 0 Å². The average Bonchev–Trinajstić information content (AvgIpc) is 2.56. The summed E-state index contributed by atoms with van der Waals surface area (Å²) in [6.45, 7) is 4.60. The van der Waals surface area contributed by atoms with Crippen molar-refractivity contribution >= 4 is 0 Å². The van der Waals surface area contributed by atoms with Crippen LogP contribution in [-0.2, 0) is 0 Å². The quantitative estimate of drug-likeness (QED) is 0.923. The van der Waals surface area contributed by atoms with Crippen molar-refractivity contribution in [2.24, 2.45) is 17.6 Å². The lowest BCUT2D eigenvalue weighted by Gasteiger charge is -2.45. The Hall–Kier alpha value is -0.930. The normalized spacial score (nSPS) is 29.6. The third kappa shape index (κ3) is 3.29. The first-order chi connectivity index (χ1) is 10.3. The highest BCUT2D eigenvalue weighted by molar-refractivity contribution is 5.12. The van der Waals surface area contributed by atoms with E-state index in [-0.39, 0.29) is 6.04 Å². The third-order valence-corrected chi connectivity index (χ3v) is 5.58. The molecule has 4 unspecified atom stereocenters. The molecule has 2 aliphatic rings. The number of fused-ring (bicyclic) bond motifs is 1. The Labute approximate surface area is 128 Å². The maximum Gasteiger partial charge on any atom is 0.0673 e. The van der Waals surface area contributed by atoms with E-state index in [1.54, 1.807) is 0 Å². The molecular formula is C18H29N3. The summed E-state index contributed by atoms with van der Waals surface area (Å²) in [5, 5.41) is 0. The summed E-state index contributed by atoms with van der Waals surface area (Å²) in [5.74, 6) is 1.86. The second-order valence-corrected chi connectivity index (χ2v) is 6.86. The number of likely N-dealkylation sites (tertiary alicyclic amines) is 1. The first-order valence-electron chi connectivity index (χ1n) is 8.70. The van der Waals surface area contributed by atoms with Gasteiger partial charge in [0.05, 0.1) is 11.7 Å². The van der Waals surface area contributed by atoms with Gasteiger partial charge in [-0.05, 0) is 49.8 Å². The van der Waals surface area contributed by atoms with Gasteiger partial charge < -0.3 is 5.73 Å². The van der Waals surface area contributed by atoms with Crippen molar-refractivity contribution in [3.63, 3.8) is 0 Å². The molecule has 1 aromatic rings. The lowest BCUT2D eigenvalue weighted by Crippen LogP contribution is -2.48. The van der Waals surface area contributed by atoms with Crippen molar-refractivity contribution in [1.29, 1.82) is 0 Å². The van der Waals surface area contributed by atoms with Crippen LogP contribution in [-0.4, -0.2) is 29.0 Å². The minimum absolute atomic E-state index is 0.181. The Morgan fingerprint density at radius 2 is 2.05 bits per heavy atom. The van der Waals surface area contributed by atoms with Crippen LogP contribution >= 0.6 is 0 Å². The predicted molar refractivity (Wildman–Crippen MR) is 86.9 cm³/mol. The number of rotatable bonds is 4. The van der Waals surface area contributed by atoms with Crippen molar-refractivity contribution in [3.05, 3.63) is 30.1 Å². The monoisotopic (exact) mass is 287 g/mol. The van der Waals surface area contributed by atoms with Crippen LogP contribution in [0.5, 0.6) is 0 Å². The zero-order chi connectivity index (χ0) is 14.7. The van der Waals surface area contributed by atoms with Crippen molar-refractivity contribution in [3.8, 4) is 0 Å². The fourth-order valence-corrected chi connectivity index (χ4v) is 4.33. The van der Waals surface area contributed by atoms with E-state index in [4.69, 9.17) is 5.73 Å². The molecule has 116 valence electrons. The molecule has 3 nitrogen and oxygen atoms in total. The van der Waals surface area contributed by atoms with E-state index in [0.717, 1.165) is 24.0 Å². The van der Waals surface area contributed by atoms with Crippen LogP contribution in [0.2, 0.25) is 0 Å². The van der Waals surface area contributed by atoms with Gasteiger partial charge in [-0.2, -0.15) is 0 Å². The van der Waals surface area contributed by atoms with Gasteiger partial charge >= 0.3 is 0 Å². The number of piperidine rings is 1. The van der Waals surface area contributed by atoms with Gasteiger partial charge in [0.2, 0.25) is 0 Å². The van der Waals surface area contributed by atoms with Gasteiger partial charge in [0.25, 0.3) is 0 Å². The van der Waals surface area contributed by atoms with Gasteiger partial charge in [0.15, 0.2) is 0 Å². The van der Waals surface area contributed by atoms with E-state index < -0.39 is 0 Å². The van der Waals surface area contributed by atoms with E-state index in [0.29, 0.717) is 6.04 Å². The molecule has 1 saturated carbocycles. The van der Waals surface area contributed by atoms with Crippen molar-refractivity contribution in [1.82, 2.24) is 9.88 Å². The molecule has 3 heteroatoms. The van der Waals surface area contributed by atoms with Crippen LogP contribution in [0, 0.1) is 11.8 Å². The zero-order valence-electron chi connectivity index (χ0n) is 13.2. The van der Waals surface area contributed by atoms with Gasteiger partial charge in [0, 0.05) is 18.8 Å². The fourth-order valence-electron chi connectivity index (χ4n) is 4.33. The van der Waals surface area contributed by atoms with E-state index in [1.165, 1.54) is 45.2 Å². The molecule has 0 aromatic carbocycles. The fraction of sp³-hybridized carbons (Fsp3) is 0.722. The summed E-state index contributed by atoms with van der Waals surface area (Å²) >= 11 is 0. The Balaban J connectivity index is 1.77. The Morgan fingerprint density at radius 3 is 2.76 bits per heavy atom. The molecule has 0 spiro atoms. The highest BCUT2D eigenvalue weighted by atomic mass is 15.2. The van der Waals surface area contributed by atoms with E-state index in [2.05, 4.69) is 28.9 Å². The predicted octanol–water partition coefficient (Wildman–Crippen LogP) is 3.37. The number of hydrogen-bond donors (Lipinski definition) is 1. The summed E-state index contributed by atoms with van der Waals surface area (Å²) < 4.78 is 0. The molecule has 2 heterocycles. The van der Waals surface area contributed by atoms with Crippen molar-refractivity contribution < 1.29 is 0 Å².